The van der Waals surface area contributed by atoms with Crippen molar-refractivity contribution >= 4 is 38.6 Å². The Balaban J connectivity index is 0. The maximum absolute atomic E-state index is 3.36. The van der Waals surface area contributed by atoms with E-state index >= 15 is 0 Å². The molecule has 0 N–H and O–H groups in total. The van der Waals surface area contributed by atoms with Gasteiger partial charge < -0.3 is 0 Å². The van der Waals surface area contributed by atoms with Crippen molar-refractivity contribution in [3.63, 3.8) is 0 Å². The van der Waals surface area contributed by atoms with E-state index in [1.165, 1.54) is 16.9 Å². The van der Waals surface area contributed by atoms with Crippen LogP contribution in [0, 0.1) is 5.92 Å². The predicted octanol–water partition coefficient (Wildman–Crippen LogP) is 3.79. The van der Waals surface area contributed by atoms with Crippen LogP contribution in [0.15, 0.2) is 0 Å². The summed E-state index contributed by atoms with van der Waals surface area (Å²) in [5.74, 6) is 0.884. The smallest absolute Gasteiger partial charge is 0.0474 e. The van der Waals surface area contributed by atoms with Gasteiger partial charge in [0, 0.05) is 0 Å². The molecular weight excluding hydrogens is 312 g/mol. The van der Waals surface area contributed by atoms with Crippen LogP contribution in [0.4, 0.5) is 0 Å². The summed E-state index contributed by atoms with van der Waals surface area (Å²) in [6, 6.07) is 0. The molecule has 0 bridgehead atoms. The molecule has 4 heteroatoms. The van der Waals surface area contributed by atoms with Crippen molar-refractivity contribution in [2.75, 3.05) is 0 Å². The van der Waals surface area contributed by atoms with E-state index in [2.05, 4.69) is 61.7 Å². The average molecular weight is 340 g/mol. The van der Waals surface area contributed by atoms with Crippen LogP contribution in [-0.4, -0.2) is 38.6 Å². The fourth-order valence-electron chi connectivity index (χ4n) is 0.812. The second-order valence-corrected chi connectivity index (χ2v) is 13.7. The first-order valence-corrected chi connectivity index (χ1v) is 12.9. The second-order valence-electron chi connectivity index (χ2n) is 5.36. The Morgan fingerprint density at radius 3 is 1.40 bits per heavy atom. The molecule has 0 aromatic heterocycles. The quantitative estimate of drug-likeness (QED) is 0.669. The van der Waals surface area contributed by atoms with E-state index in [0.717, 1.165) is 19.3 Å². The van der Waals surface area contributed by atoms with E-state index in [1.54, 1.807) is 0 Å². The molecule has 0 saturated heterocycles. The Labute approximate surface area is 109 Å². The summed E-state index contributed by atoms with van der Waals surface area (Å²) in [5.41, 5.74) is 0. The van der Waals surface area contributed by atoms with Crippen LogP contribution in [0.25, 0.3) is 0 Å². The molecule has 15 heavy (non-hydrogen) atoms. The molecule has 0 heterocycles. The van der Waals surface area contributed by atoms with E-state index in [-0.39, 0.29) is 11.5 Å². The first kappa shape index (κ1) is 18.5. The maximum atomic E-state index is 3.36. The fraction of sp³-hybridized carbons (Fsp3) is 1.00. The Kier molecular flexibility index (Phi) is 14.4. The van der Waals surface area contributed by atoms with Crippen molar-refractivity contribution in [3.8, 4) is 0 Å². The molecule has 0 amide bonds. The largest absolute Gasteiger partial charge is 0.0651 e. The molecule has 0 nitrogen and oxygen atoms in total. The van der Waals surface area contributed by atoms with E-state index < -0.39 is 0 Å². The minimum absolute atomic E-state index is 0.319. The van der Waals surface area contributed by atoms with Crippen LogP contribution < -0.4 is 0 Å². The van der Waals surface area contributed by atoms with Gasteiger partial charge in [-0.15, -0.1) is 0 Å². The monoisotopic (exact) mass is 342 g/mol. The molecule has 0 rings (SSSR count). The Hall–Kier alpha value is 1.17. The van der Waals surface area contributed by atoms with Crippen LogP contribution in [0.2, 0.25) is 37.7 Å². The van der Waals surface area contributed by atoms with Crippen molar-refractivity contribution in [2.24, 2.45) is 5.92 Å². The van der Waals surface area contributed by atoms with E-state index in [4.69, 9.17) is 0 Å². The first-order valence-electron chi connectivity index (χ1n) is 6.14. The van der Waals surface area contributed by atoms with Gasteiger partial charge in [0.1, 0.15) is 0 Å². The van der Waals surface area contributed by atoms with Gasteiger partial charge in [0.05, 0.1) is 0 Å². The van der Waals surface area contributed by atoms with Gasteiger partial charge in [-0.05, 0) is 5.92 Å². The molecule has 0 spiro atoms. The SMILES string of the molecule is CB(C)C[Se](=[Se])CB(C)C.CCC(C)C. The molecule has 0 aromatic rings. The molecular formula is C11H28B2Se2. The molecule has 0 unspecified atom stereocenters. The standard InChI is InChI=1S/C6H16B2Se2.C5H12/c1-7(2)5-10(9)6-8(3)4;1-4-5(2)3/h5-6H2,1-4H3;5H,4H2,1-3H3. The average Bonchev–Trinajstić information content (AvgIpc) is 2.01. The van der Waals surface area contributed by atoms with Gasteiger partial charge in [-0.2, -0.15) is 0 Å². The summed E-state index contributed by atoms with van der Waals surface area (Å²) < 4.78 is 0. The van der Waals surface area contributed by atoms with Crippen molar-refractivity contribution in [1.82, 2.24) is 0 Å². The van der Waals surface area contributed by atoms with Crippen molar-refractivity contribution in [3.05, 3.63) is 0 Å². The summed E-state index contributed by atoms with van der Waals surface area (Å²) >= 11 is 3.05. The zero-order chi connectivity index (χ0) is 12.4. The number of hydrogen-bond acceptors (Lipinski definition) is 0. The summed E-state index contributed by atoms with van der Waals surface area (Å²) in [5, 5.41) is 2.91. The maximum Gasteiger partial charge on any atom is -0.0474 e. The number of hydrogen-bond donors (Lipinski definition) is 0. The minimum Gasteiger partial charge on any atom is -0.0651 e. The van der Waals surface area contributed by atoms with E-state index in [0.29, 0.717) is 0 Å². The molecule has 0 aliphatic rings. The van der Waals surface area contributed by atoms with Crippen LogP contribution in [0.3, 0.4) is 0 Å². The van der Waals surface area contributed by atoms with Gasteiger partial charge in [-0.1, -0.05) is 27.2 Å². The zero-order valence-corrected chi connectivity index (χ0v) is 15.1. The van der Waals surface area contributed by atoms with Gasteiger partial charge in [0.15, 0.2) is 0 Å². The number of rotatable bonds is 5. The van der Waals surface area contributed by atoms with Gasteiger partial charge in [-0.3, -0.25) is 0 Å². The Bertz CT molecular complexity index is 145. The van der Waals surface area contributed by atoms with Crippen molar-refractivity contribution in [2.45, 2.75) is 64.9 Å². The minimum atomic E-state index is -0.319. The summed E-state index contributed by atoms with van der Waals surface area (Å²) in [6.07, 6.45) is 1.31. The zero-order valence-electron chi connectivity index (χ0n) is 11.7. The molecule has 0 aromatic carbocycles. The Morgan fingerprint density at radius 2 is 1.27 bits per heavy atom. The summed E-state index contributed by atoms with van der Waals surface area (Å²) in [7, 11) is 0. The van der Waals surface area contributed by atoms with Crippen LogP contribution in [0.5, 0.6) is 0 Å². The molecule has 0 aliphatic heterocycles. The summed E-state index contributed by atoms with van der Waals surface area (Å²) in [6.45, 7) is 17.7. The molecule has 0 atom stereocenters. The molecule has 0 aliphatic carbocycles. The first-order chi connectivity index (χ1) is 6.79. The predicted molar refractivity (Wildman–Crippen MR) is 81.2 cm³/mol. The normalized spacial score (nSPS) is 9.93. The molecule has 0 fully saturated rings. The van der Waals surface area contributed by atoms with E-state index in [1.807, 2.05) is 0 Å². The summed E-state index contributed by atoms with van der Waals surface area (Å²) in [4.78, 5) is 0. The van der Waals surface area contributed by atoms with Gasteiger partial charge >= 0.3 is 76.3 Å². The molecule has 90 valence electrons. The Morgan fingerprint density at radius 1 is 1.00 bits per heavy atom. The topological polar surface area (TPSA) is 0 Å². The van der Waals surface area contributed by atoms with Gasteiger partial charge in [0.25, 0.3) is 0 Å². The molecule has 0 radical (unpaired) electrons. The third-order valence-electron chi connectivity index (χ3n) is 1.85. The van der Waals surface area contributed by atoms with Crippen molar-refractivity contribution < 1.29 is 0 Å². The van der Waals surface area contributed by atoms with Gasteiger partial charge in [0.2, 0.25) is 0 Å². The van der Waals surface area contributed by atoms with Crippen molar-refractivity contribution in [1.29, 1.82) is 0 Å². The third kappa shape index (κ3) is 21.1. The van der Waals surface area contributed by atoms with Gasteiger partial charge in [-0.25, -0.2) is 0 Å². The van der Waals surface area contributed by atoms with Crippen LogP contribution in [0.1, 0.15) is 27.2 Å². The van der Waals surface area contributed by atoms with Crippen LogP contribution >= 0.6 is 0 Å². The van der Waals surface area contributed by atoms with Crippen LogP contribution in [-0.2, 0) is 0 Å². The third-order valence-corrected chi connectivity index (χ3v) is 9.18. The van der Waals surface area contributed by atoms with E-state index in [9.17, 15) is 0 Å². The fourth-order valence-corrected chi connectivity index (χ4v) is 10.2. The second kappa shape index (κ2) is 11.6. The molecule has 0 saturated carbocycles.